The molecule has 2 rings (SSSR count). The topological polar surface area (TPSA) is 35.8 Å². The third-order valence-electron chi connectivity index (χ3n) is 2.29. The highest BCUT2D eigenvalue weighted by Gasteiger charge is 2.28. The highest BCUT2D eigenvalue weighted by molar-refractivity contribution is 7.10. The number of thiophene rings is 1. The first-order chi connectivity index (χ1) is 5.92. The van der Waals surface area contributed by atoms with Gasteiger partial charge >= 0.3 is 0 Å². The molecule has 0 radical (unpaired) electrons. The SMILES string of the molecule is N#C[C@@H]1CNC[C@H]1c1cccs1. The lowest BCUT2D eigenvalue weighted by molar-refractivity contribution is 0.657. The first-order valence-electron chi connectivity index (χ1n) is 4.05. The Hall–Kier alpha value is -0.850. The van der Waals surface area contributed by atoms with Gasteiger partial charge in [-0.15, -0.1) is 11.3 Å². The van der Waals surface area contributed by atoms with E-state index in [9.17, 15) is 0 Å². The minimum atomic E-state index is 0.170. The molecule has 1 aromatic heterocycles. The van der Waals surface area contributed by atoms with Gasteiger partial charge in [0.1, 0.15) is 0 Å². The molecular formula is C9H10N2S. The summed E-state index contributed by atoms with van der Waals surface area (Å²) < 4.78 is 0. The summed E-state index contributed by atoms with van der Waals surface area (Å²) in [5, 5.41) is 14.2. The molecule has 3 heteroatoms. The molecule has 0 unspecified atom stereocenters. The van der Waals surface area contributed by atoms with Crippen LogP contribution in [-0.2, 0) is 0 Å². The van der Waals surface area contributed by atoms with Crippen LogP contribution in [0, 0.1) is 17.2 Å². The molecule has 1 aliphatic heterocycles. The average Bonchev–Trinajstić information content (AvgIpc) is 2.74. The summed E-state index contributed by atoms with van der Waals surface area (Å²) in [6.45, 7) is 1.80. The predicted molar refractivity (Wildman–Crippen MR) is 49.0 cm³/mol. The van der Waals surface area contributed by atoms with Crippen molar-refractivity contribution in [3.05, 3.63) is 22.4 Å². The molecule has 2 atom stereocenters. The van der Waals surface area contributed by atoms with Crippen molar-refractivity contribution in [2.75, 3.05) is 13.1 Å². The third-order valence-corrected chi connectivity index (χ3v) is 3.29. The average molecular weight is 178 g/mol. The summed E-state index contributed by atoms with van der Waals surface area (Å²) in [5.41, 5.74) is 0. The standard InChI is InChI=1S/C9H10N2S/c10-4-7-5-11-6-8(7)9-2-1-3-12-9/h1-3,7-8,11H,5-6H2/t7-,8-/m1/s1. The molecule has 2 heterocycles. The second-order valence-electron chi connectivity index (χ2n) is 3.02. The number of hydrogen-bond donors (Lipinski definition) is 1. The molecule has 0 amide bonds. The van der Waals surface area contributed by atoms with Gasteiger partial charge in [0.05, 0.1) is 12.0 Å². The summed E-state index contributed by atoms with van der Waals surface area (Å²) in [6.07, 6.45) is 0. The lowest BCUT2D eigenvalue weighted by Gasteiger charge is -2.08. The van der Waals surface area contributed by atoms with Crippen molar-refractivity contribution in [2.24, 2.45) is 5.92 Å². The lowest BCUT2D eigenvalue weighted by Crippen LogP contribution is -2.07. The van der Waals surface area contributed by atoms with E-state index in [1.807, 2.05) is 6.07 Å². The molecule has 12 heavy (non-hydrogen) atoms. The van der Waals surface area contributed by atoms with Gasteiger partial charge in [0.15, 0.2) is 0 Å². The van der Waals surface area contributed by atoms with E-state index in [2.05, 4.69) is 22.8 Å². The summed E-state index contributed by atoms with van der Waals surface area (Å²) in [4.78, 5) is 1.34. The van der Waals surface area contributed by atoms with Crippen LogP contribution in [0.5, 0.6) is 0 Å². The first kappa shape index (κ1) is 7.78. The van der Waals surface area contributed by atoms with Crippen molar-refractivity contribution < 1.29 is 0 Å². The van der Waals surface area contributed by atoms with Gasteiger partial charge < -0.3 is 5.32 Å². The van der Waals surface area contributed by atoms with E-state index in [0.717, 1.165) is 13.1 Å². The van der Waals surface area contributed by atoms with Crippen LogP contribution >= 0.6 is 11.3 Å². The van der Waals surface area contributed by atoms with Gasteiger partial charge in [0.2, 0.25) is 0 Å². The molecular weight excluding hydrogens is 168 g/mol. The van der Waals surface area contributed by atoms with Crippen molar-refractivity contribution >= 4 is 11.3 Å². The molecule has 0 bridgehead atoms. The maximum absolute atomic E-state index is 8.85. The van der Waals surface area contributed by atoms with Crippen LogP contribution in [-0.4, -0.2) is 13.1 Å². The van der Waals surface area contributed by atoms with Crippen LogP contribution < -0.4 is 5.32 Å². The Labute approximate surface area is 75.8 Å². The fourth-order valence-electron chi connectivity index (χ4n) is 1.62. The van der Waals surface area contributed by atoms with Gasteiger partial charge in [-0.1, -0.05) is 6.07 Å². The maximum atomic E-state index is 8.85. The minimum absolute atomic E-state index is 0.170. The summed E-state index contributed by atoms with van der Waals surface area (Å²) in [7, 11) is 0. The largest absolute Gasteiger partial charge is 0.315 e. The molecule has 0 aliphatic carbocycles. The Kier molecular flexibility index (Phi) is 2.11. The third kappa shape index (κ3) is 1.24. The van der Waals surface area contributed by atoms with Crippen molar-refractivity contribution in [3.63, 3.8) is 0 Å². The fraction of sp³-hybridized carbons (Fsp3) is 0.444. The van der Waals surface area contributed by atoms with E-state index in [-0.39, 0.29) is 5.92 Å². The zero-order valence-electron chi connectivity index (χ0n) is 6.66. The quantitative estimate of drug-likeness (QED) is 0.708. The molecule has 0 spiro atoms. The smallest absolute Gasteiger partial charge is 0.0676 e. The van der Waals surface area contributed by atoms with E-state index in [4.69, 9.17) is 5.26 Å². The molecule has 0 saturated carbocycles. The van der Waals surface area contributed by atoms with Gasteiger partial charge in [0, 0.05) is 23.9 Å². The van der Waals surface area contributed by atoms with Crippen molar-refractivity contribution in [2.45, 2.75) is 5.92 Å². The van der Waals surface area contributed by atoms with Crippen molar-refractivity contribution in [3.8, 4) is 6.07 Å². The van der Waals surface area contributed by atoms with Crippen molar-refractivity contribution in [1.82, 2.24) is 5.32 Å². The van der Waals surface area contributed by atoms with E-state index in [1.54, 1.807) is 11.3 Å². The highest BCUT2D eigenvalue weighted by atomic mass is 32.1. The zero-order chi connectivity index (χ0) is 8.39. The van der Waals surface area contributed by atoms with Crippen LogP contribution in [0.3, 0.4) is 0 Å². The van der Waals surface area contributed by atoms with Crippen LogP contribution in [0.25, 0.3) is 0 Å². The number of nitriles is 1. The molecule has 62 valence electrons. The van der Waals surface area contributed by atoms with E-state index >= 15 is 0 Å². The van der Waals surface area contributed by atoms with Crippen molar-refractivity contribution in [1.29, 1.82) is 5.26 Å². The zero-order valence-corrected chi connectivity index (χ0v) is 7.47. The van der Waals surface area contributed by atoms with Crippen LogP contribution in [0.4, 0.5) is 0 Å². The number of nitrogens with one attached hydrogen (secondary N) is 1. The minimum Gasteiger partial charge on any atom is -0.315 e. The summed E-state index contributed by atoms with van der Waals surface area (Å²) in [5.74, 6) is 0.596. The Morgan fingerprint density at radius 2 is 2.50 bits per heavy atom. The van der Waals surface area contributed by atoms with Gasteiger partial charge in [0.25, 0.3) is 0 Å². The van der Waals surface area contributed by atoms with Gasteiger partial charge in [-0.2, -0.15) is 5.26 Å². The lowest BCUT2D eigenvalue weighted by atomic mass is 9.96. The van der Waals surface area contributed by atoms with Gasteiger partial charge in [-0.3, -0.25) is 0 Å². The number of hydrogen-bond acceptors (Lipinski definition) is 3. The van der Waals surface area contributed by atoms with Gasteiger partial charge in [-0.25, -0.2) is 0 Å². The van der Waals surface area contributed by atoms with Gasteiger partial charge in [-0.05, 0) is 11.4 Å². The van der Waals surface area contributed by atoms with E-state index < -0.39 is 0 Å². The first-order valence-corrected chi connectivity index (χ1v) is 4.93. The molecule has 1 fully saturated rings. The second kappa shape index (κ2) is 3.26. The van der Waals surface area contributed by atoms with Crippen LogP contribution in [0.1, 0.15) is 10.8 Å². The number of rotatable bonds is 1. The Balaban J connectivity index is 2.20. The number of nitrogens with zero attached hydrogens (tertiary/aromatic N) is 1. The molecule has 0 aromatic carbocycles. The monoisotopic (exact) mass is 178 g/mol. The second-order valence-corrected chi connectivity index (χ2v) is 4.00. The predicted octanol–water partition coefficient (Wildman–Crippen LogP) is 1.57. The van der Waals surface area contributed by atoms with Crippen LogP contribution in [0.15, 0.2) is 17.5 Å². The molecule has 1 aromatic rings. The maximum Gasteiger partial charge on any atom is 0.0676 e. The molecule has 1 aliphatic rings. The molecule has 2 nitrogen and oxygen atoms in total. The Morgan fingerprint density at radius 1 is 1.58 bits per heavy atom. The normalized spacial score (nSPS) is 28.6. The van der Waals surface area contributed by atoms with Crippen LogP contribution in [0.2, 0.25) is 0 Å². The fourth-order valence-corrected chi connectivity index (χ4v) is 2.51. The Morgan fingerprint density at radius 3 is 3.17 bits per heavy atom. The molecule has 1 saturated heterocycles. The molecule has 1 N–H and O–H groups in total. The summed E-state index contributed by atoms with van der Waals surface area (Å²) in [6, 6.07) is 6.51. The highest BCUT2D eigenvalue weighted by Crippen LogP contribution is 2.30. The Bertz CT molecular complexity index is 286. The summed E-state index contributed by atoms with van der Waals surface area (Å²) >= 11 is 1.75. The van der Waals surface area contributed by atoms with E-state index in [1.165, 1.54) is 4.88 Å². The van der Waals surface area contributed by atoms with E-state index in [0.29, 0.717) is 5.92 Å².